The average molecular weight is 633 g/mol. The fourth-order valence-corrected chi connectivity index (χ4v) is 6.10. The summed E-state index contributed by atoms with van der Waals surface area (Å²) in [5.41, 5.74) is 10.3. The molecule has 0 bridgehead atoms. The maximum atomic E-state index is 16.0. The van der Waals surface area contributed by atoms with Crippen molar-refractivity contribution in [3.05, 3.63) is 23.0 Å². The SMILES string of the molecule is Nc1nc2c(nnn2[C@@H]2O[C@H](CO)[C@H](F)[C@H]2OP(O)(=S)OC[C@H]2OC[C@](F)(n3cnc4c(N)ncnc43)[C@@H]2O)c(=O)[nH]1. The molecule has 6 heterocycles. The lowest BCUT2D eigenvalue weighted by Crippen LogP contribution is -2.43. The van der Waals surface area contributed by atoms with Crippen LogP contribution < -0.4 is 17.0 Å². The predicted octanol–water partition coefficient (Wildman–Crippen LogP) is -2.25. The number of hydrogen-bond acceptors (Lipinski definition) is 16. The van der Waals surface area contributed by atoms with E-state index in [1.807, 2.05) is 0 Å². The zero-order valence-electron chi connectivity index (χ0n) is 21.0. The van der Waals surface area contributed by atoms with Crippen molar-refractivity contribution < 1.29 is 42.4 Å². The molecule has 0 radical (unpaired) electrons. The Balaban J connectivity index is 1.19. The molecule has 2 saturated heterocycles. The molecule has 42 heavy (non-hydrogen) atoms. The third kappa shape index (κ3) is 4.69. The number of H-pyrrole nitrogens is 1. The van der Waals surface area contributed by atoms with E-state index in [9.17, 15) is 19.9 Å². The van der Waals surface area contributed by atoms with Gasteiger partial charge in [0.05, 0.1) is 19.5 Å². The van der Waals surface area contributed by atoms with Crippen LogP contribution in [0.3, 0.4) is 0 Å². The van der Waals surface area contributed by atoms with Gasteiger partial charge in [-0.05, 0) is 11.8 Å². The smallest absolute Gasteiger partial charge is 0.325 e. The molecule has 0 saturated carbocycles. The van der Waals surface area contributed by atoms with Gasteiger partial charge in [0.2, 0.25) is 11.7 Å². The predicted molar refractivity (Wildman–Crippen MR) is 138 cm³/mol. The molecule has 8 atom stereocenters. The third-order valence-electron chi connectivity index (χ3n) is 6.76. The van der Waals surface area contributed by atoms with Gasteiger partial charge in [0, 0.05) is 0 Å². The van der Waals surface area contributed by atoms with Crippen molar-refractivity contribution >= 4 is 52.6 Å². The molecule has 8 N–H and O–H groups in total. The number of fused-ring (bicyclic) bond motifs is 2. The Morgan fingerprint density at radius 1 is 1.26 bits per heavy atom. The van der Waals surface area contributed by atoms with E-state index in [4.69, 9.17) is 41.8 Å². The van der Waals surface area contributed by atoms with Crippen molar-refractivity contribution in [1.82, 2.24) is 44.5 Å². The summed E-state index contributed by atoms with van der Waals surface area (Å²) in [6, 6.07) is 0. The number of rotatable bonds is 8. The van der Waals surface area contributed by atoms with Gasteiger partial charge in [0.25, 0.3) is 5.56 Å². The van der Waals surface area contributed by atoms with Crippen molar-refractivity contribution in [2.45, 2.75) is 42.6 Å². The largest absolute Gasteiger partial charge is 0.394 e. The molecule has 4 aromatic heterocycles. The molecule has 23 heteroatoms. The maximum absolute atomic E-state index is 16.0. The number of alkyl halides is 2. The summed E-state index contributed by atoms with van der Waals surface area (Å²) >= 11 is 5.04. The van der Waals surface area contributed by atoms with Gasteiger partial charge in [0.1, 0.15) is 42.9 Å². The highest BCUT2D eigenvalue weighted by Gasteiger charge is 2.54. The summed E-state index contributed by atoms with van der Waals surface area (Å²) in [6.45, 7) is -6.51. The Morgan fingerprint density at radius 2 is 2.05 bits per heavy atom. The fourth-order valence-electron chi connectivity index (χ4n) is 4.69. The lowest BCUT2D eigenvalue weighted by atomic mass is 10.1. The highest BCUT2D eigenvalue weighted by atomic mass is 32.5. The first-order valence-corrected chi connectivity index (χ1v) is 14.6. The Labute approximate surface area is 236 Å². The van der Waals surface area contributed by atoms with E-state index in [0.29, 0.717) is 0 Å². The van der Waals surface area contributed by atoms with Crippen LogP contribution in [0.5, 0.6) is 0 Å². The molecular formula is C19H22F2N11O8PS. The van der Waals surface area contributed by atoms with Gasteiger partial charge < -0.3 is 40.6 Å². The number of aliphatic hydroxyl groups excluding tert-OH is 2. The van der Waals surface area contributed by atoms with E-state index in [0.717, 1.165) is 21.9 Å². The normalized spacial score (nSPS) is 31.3. The second-order valence-corrected chi connectivity index (χ2v) is 12.1. The summed E-state index contributed by atoms with van der Waals surface area (Å²) in [6.07, 6.45) is -7.87. The van der Waals surface area contributed by atoms with E-state index in [1.165, 1.54) is 0 Å². The minimum absolute atomic E-state index is 0.00231. The van der Waals surface area contributed by atoms with Crippen LogP contribution in [-0.2, 0) is 36.1 Å². The molecule has 0 aliphatic carbocycles. The second-order valence-electron chi connectivity index (χ2n) is 9.34. The first kappa shape index (κ1) is 28.8. The average Bonchev–Trinajstić information content (AvgIpc) is 3.70. The number of hydrogen-bond donors (Lipinski definition) is 6. The van der Waals surface area contributed by atoms with Crippen molar-refractivity contribution in [2.75, 3.05) is 31.3 Å². The van der Waals surface area contributed by atoms with Gasteiger partial charge in [-0.1, -0.05) is 5.21 Å². The van der Waals surface area contributed by atoms with Gasteiger partial charge in [-0.15, -0.1) is 5.10 Å². The van der Waals surface area contributed by atoms with E-state index < -0.39 is 74.7 Å². The van der Waals surface area contributed by atoms with Crippen LogP contribution in [0.25, 0.3) is 22.3 Å². The molecule has 6 rings (SSSR count). The number of nitrogens with one attached hydrogen (secondary N) is 1. The molecule has 2 fully saturated rings. The van der Waals surface area contributed by atoms with Crippen LogP contribution in [0.15, 0.2) is 17.4 Å². The number of nitrogens with two attached hydrogens (primary N) is 2. The Morgan fingerprint density at radius 3 is 2.81 bits per heavy atom. The molecular weight excluding hydrogens is 611 g/mol. The van der Waals surface area contributed by atoms with Gasteiger partial charge in [-0.3, -0.25) is 18.9 Å². The van der Waals surface area contributed by atoms with Crippen LogP contribution in [-0.4, -0.2) is 110 Å². The number of aromatic amines is 1. The summed E-state index contributed by atoms with van der Waals surface area (Å²) < 4.78 is 54.7. The number of halogens is 2. The summed E-state index contributed by atoms with van der Waals surface area (Å²) in [5.74, 6) is -2.86. The van der Waals surface area contributed by atoms with Crippen LogP contribution in [0.1, 0.15) is 6.23 Å². The van der Waals surface area contributed by atoms with E-state index >= 15 is 8.78 Å². The highest BCUT2D eigenvalue weighted by Crippen LogP contribution is 2.51. The summed E-state index contributed by atoms with van der Waals surface area (Å²) in [5, 5.41) is 27.8. The number of nitrogens with zero attached hydrogens (tertiary/aromatic N) is 8. The number of nitrogen functional groups attached to an aromatic ring is 2. The molecule has 226 valence electrons. The zero-order chi connectivity index (χ0) is 30.0. The maximum Gasteiger partial charge on any atom is 0.325 e. The first-order chi connectivity index (χ1) is 19.9. The topological polar surface area (TPSA) is 270 Å². The quantitative estimate of drug-likeness (QED) is 0.112. The van der Waals surface area contributed by atoms with E-state index in [-0.39, 0.29) is 34.1 Å². The van der Waals surface area contributed by atoms with E-state index in [1.54, 1.807) is 0 Å². The number of aromatic nitrogens is 9. The standard InChI is InChI=1S/C19H22F2N11O8PS/c20-8-6(1-33)39-17(32-15-10(29-30-32)16(35)28-18(23)27-15)11(8)40-41(36,42)38-2-7-12(34)19(21,3-37-7)31-5-26-9-13(22)24-4-25-14(9)31/h4-8,11-12,17,33-34H,1-3H2,(H,36,42)(H2,22,24,25)(H3,23,27,28,35)/t6-,7-,8+,11-,12-,17-,19+,41?/m1/s1. The molecule has 2 aliphatic rings. The minimum atomic E-state index is -4.37. The van der Waals surface area contributed by atoms with Gasteiger partial charge in [-0.2, -0.15) is 9.67 Å². The van der Waals surface area contributed by atoms with Crippen molar-refractivity contribution in [3.63, 3.8) is 0 Å². The monoisotopic (exact) mass is 633 g/mol. The minimum Gasteiger partial charge on any atom is -0.394 e. The molecule has 2 aliphatic heterocycles. The summed E-state index contributed by atoms with van der Waals surface area (Å²) in [4.78, 5) is 40.8. The summed E-state index contributed by atoms with van der Waals surface area (Å²) in [7, 11) is 0. The third-order valence-corrected chi connectivity index (χ3v) is 8.32. The van der Waals surface area contributed by atoms with Crippen molar-refractivity contribution in [3.8, 4) is 0 Å². The molecule has 19 nitrogen and oxygen atoms in total. The number of ether oxygens (including phenoxy) is 2. The van der Waals surface area contributed by atoms with Gasteiger partial charge >= 0.3 is 6.72 Å². The number of anilines is 2. The molecule has 0 amide bonds. The van der Waals surface area contributed by atoms with Crippen LogP contribution in [0.4, 0.5) is 20.5 Å². The van der Waals surface area contributed by atoms with Crippen LogP contribution in [0, 0.1) is 0 Å². The number of aliphatic hydroxyl groups is 2. The fraction of sp³-hybridized carbons (Fsp3) is 0.526. The Kier molecular flexibility index (Phi) is 7.14. The van der Waals surface area contributed by atoms with Gasteiger partial charge in [0.15, 0.2) is 35.0 Å². The zero-order valence-corrected chi connectivity index (χ0v) is 22.7. The van der Waals surface area contributed by atoms with Crippen molar-refractivity contribution in [1.29, 1.82) is 0 Å². The highest BCUT2D eigenvalue weighted by molar-refractivity contribution is 8.07. The van der Waals surface area contributed by atoms with Crippen LogP contribution >= 0.6 is 6.72 Å². The lowest BCUT2D eigenvalue weighted by molar-refractivity contribution is -0.0577. The second kappa shape index (κ2) is 10.4. The van der Waals surface area contributed by atoms with Crippen molar-refractivity contribution in [2.24, 2.45) is 0 Å². The van der Waals surface area contributed by atoms with Gasteiger partial charge in [-0.25, -0.2) is 23.7 Å². The molecule has 4 aromatic rings. The first-order valence-electron chi connectivity index (χ1n) is 12.0. The Bertz CT molecular complexity index is 1760. The molecule has 0 aromatic carbocycles. The molecule has 1 unspecified atom stereocenters. The van der Waals surface area contributed by atoms with E-state index in [2.05, 4.69) is 35.2 Å². The molecule has 0 spiro atoms. The Hall–Kier alpha value is -3.34. The lowest BCUT2D eigenvalue weighted by Gasteiger charge is -2.27. The van der Waals surface area contributed by atoms with Crippen LogP contribution in [0.2, 0.25) is 0 Å². The number of imidazole rings is 1.